The highest BCUT2D eigenvalue weighted by molar-refractivity contribution is 7.10. The number of carbonyl (C=O) groups excluding carboxylic acids is 1. The normalized spacial score (nSPS) is 17.9. The SMILES string of the molecule is CCOCCCC(=O)N1CCc2sccc2C1C(=O)O. The molecule has 110 valence electrons. The second-order valence-electron chi connectivity index (χ2n) is 4.68. The molecule has 1 atom stereocenters. The van der Waals surface area contributed by atoms with Crippen LogP contribution in [0.25, 0.3) is 0 Å². The summed E-state index contributed by atoms with van der Waals surface area (Å²) in [5, 5.41) is 11.3. The molecule has 0 fully saturated rings. The lowest BCUT2D eigenvalue weighted by Crippen LogP contribution is -2.43. The first-order valence-corrected chi connectivity index (χ1v) is 7.69. The third-order valence-electron chi connectivity index (χ3n) is 3.40. The van der Waals surface area contributed by atoms with Crippen LogP contribution in [-0.2, 0) is 20.7 Å². The fraction of sp³-hybridized carbons (Fsp3) is 0.571. The predicted molar refractivity (Wildman–Crippen MR) is 75.8 cm³/mol. The van der Waals surface area contributed by atoms with Crippen LogP contribution >= 0.6 is 11.3 Å². The molecule has 1 aliphatic rings. The van der Waals surface area contributed by atoms with Crippen molar-refractivity contribution in [3.63, 3.8) is 0 Å². The van der Waals surface area contributed by atoms with Crippen LogP contribution in [-0.4, -0.2) is 41.6 Å². The van der Waals surface area contributed by atoms with Gasteiger partial charge in [0.1, 0.15) is 0 Å². The number of carboxylic acids is 1. The number of ether oxygens (including phenoxy) is 1. The molecule has 0 saturated heterocycles. The zero-order valence-corrected chi connectivity index (χ0v) is 12.3. The van der Waals surface area contributed by atoms with E-state index in [9.17, 15) is 14.7 Å². The van der Waals surface area contributed by atoms with Crippen molar-refractivity contribution >= 4 is 23.2 Å². The Kier molecular flexibility index (Phi) is 5.14. The summed E-state index contributed by atoms with van der Waals surface area (Å²) in [5.74, 6) is -1.06. The average molecular weight is 297 g/mol. The molecule has 6 heteroatoms. The first-order chi connectivity index (χ1) is 9.65. The fourth-order valence-corrected chi connectivity index (χ4v) is 3.37. The number of rotatable bonds is 6. The van der Waals surface area contributed by atoms with Gasteiger partial charge in [-0.15, -0.1) is 11.3 Å². The van der Waals surface area contributed by atoms with E-state index in [1.165, 1.54) is 4.90 Å². The molecular weight excluding hydrogens is 278 g/mol. The molecule has 0 saturated carbocycles. The minimum atomic E-state index is -0.956. The third kappa shape index (κ3) is 3.19. The van der Waals surface area contributed by atoms with Crippen LogP contribution in [0.15, 0.2) is 11.4 Å². The largest absolute Gasteiger partial charge is 0.479 e. The number of carboxylic acid groups (broad SMARTS) is 1. The summed E-state index contributed by atoms with van der Waals surface area (Å²) in [6.07, 6.45) is 1.71. The average Bonchev–Trinajstić information content (AvgIpc) is 2.90. The molecule has 1 aliphatic heterocycles. The molecule has 2 heterocycles. The van der Waals surface area contributed by atoms with Gasteiger partial charge >= 0.3 is 5.97 Å². The molecule has 1 amide bonds. The highest BCUT2D eigenvalue weighted by atomic mass is 32.1. The van der Waals surface area contributed by atoms with Gasteiger partial charge in [-0.3, -0.25) is 4.79 Å². The van der Waals surface area contributed by atoms with Crippen LogP contribution in [0.5, 0.6) is 0 Å². The monoisotopic (exact) mass is 297 g/mol. The lowest BCUT2D eigenvalue weighted by molar-refractivity contribution is -0.151. The maximum absolute atomic E-state index is 12.2. The summed E-state index contributed by atoms with van der Waals surface area (Å²) in [6, 6.07) is 0.989. The van der Waals surface area contributed by atoms with Gasteiger partial charge in [-0.25, -0.2) is 4.79 Å². The van der Waals surface area contributed by atoms with E-state index in [4.69, 9.17) is 4.74 Å². The summed E-state index contributed by atoms with van der Waals surface area (Å²) in [5.41, 5.74) is 0.770. The number of nitrogens with zero attached hydrogens (tertiary/aromatic N) is 1. The fourth-order valence-electron chi connectivity index (χ4n) is 2.46. The summed E-state index contributed by atoms with van der Waals surface area (Å²) < 4.78 is 5.20. The Morgan fingerprint density at radius 1 is 1.55 bits per heavy atom. The second-order valence-corrected chi connectivity index (χ2v) is 5.68. The van der Waals surface area contributed by atoms with Gasteiger partial charge in [-0.05, 0) is 36.8 Å². The zero-order valence-electron chi connectivity index (χ0n) is 11.5. The van der Waals surface area contributed by atoms with Gasteiger partial charge in [0.05, 0.1) is 0 Å². The van der Waals surface area contributed by atoms with E-state index in [0.29, 0.717) is 32.6 Å². The Labute approximate surface area is 122 Å². The van der Waals surface area contributed by atoms with Gasteiger partial charge in [0.15, 0.2) is 6.04 Å². The number of carbonyl (C=O) groups is 2. The standard InChI is InChI=1S/C14H19NO4S/c1-2-19-8-3-4-12(16)15-7-5-11-10(6-9-20-11)13(15)14(17)18/h6,9,13H,2-5,7-8H2,1H3,(H,17,18). The number of fused-ring (bicyclic) bond motifs is 1. The van der Waals surface area contributed by atoms with Crippen LogP contribution in [0.2, 0.25) is 0 Å². The molecule has 1 aromatic rings. The van der Waals surface area contributed by atoms with Crippen molar-refractivity contribution in [1.29, 1.82) is 0 Å². The van der Waals surface area contributed by atoms with Crippen LogP contribution in [0.4, 0.5) is 0 Å². The summed E-state index contributed by atoms with van der Waals surface area (Å²) in [4.78, 5) is 26.3. The lowest BCUT2D eigenvalue weighted by Gasteiger charge is -2.33. The van der Waals surface area contributed by atoms with Crippen molar-refractivity contribution < 1.29 is 19.4 Å². The van der Waals surface area contributed by atoms with E-state index in [2.05, 4.69) is 0 Å². The number of hydrogen-bond acceptors (Lipinski definition) is 4. The molecule has 0 aliphatic carbocycles. The molecule has 2 rings (SSSR count). The number of hydrogen-bond donors (Lipinski definition) is 1. The quantitative estimate of drug-likeness (QED) is 0.816. The molecule has 20 heavy (non-hydrogen) atoms. The van der Waals surface area contributed by atoms with Gasteiger partial charge in [-0.2, -0.15) is 0 Å². The first kappa shape index (κ1) is 15.0. The van der Waals surface area contributed by atoms with E-state index in [1.807, 2.05) is 18.4 Å². The Bertz CT molecular complexity index is 485. The van der Waals surface area contributed by atoms with E-state index in [-0.39, 0.29) is 5.91 Å². The van der Waals surface area contributed by atoms with Crippen molar-refractivity contribution in [1.82, 2.24) is 4.90 Å². The van der Waals surface area contributed by atoms with Gasteiger partial charge in [0, 0.05) is 31.1 Å². The maximum atomic E-state index is 12.2. The summed E-state index contributed by atoms with van der Waals surface area (Å²) >= 11 is 1.56. The molecule has 0 radical (unpaired) electrons. The summed E-state index contributed by atoms with van der Waals surface area (Å²) in [7, 11) is 0. The highest BCUT2D eigenvalue weighted by Gasteiger charge is 2.36. The zero-order chi connectivity index (χ0) is 14.5. The van der Waals surface area contributed by atoms with Crippen molar-refractivity contribution in [2.24, 2.45) is 0 Å². The Balaban J connectivity index is 2.04. The molecule has 0 bridgehead atoms. The van der Waals surface area contributed by atoms with Crippen LogP contribution in [0.1, 0.15) is 36.2 Å². The highest BCUT2D eigenvalue weighted by Crippen LogP contribution is 2.33. The van der Waals surface area contributed by atoms with Crippen molar-refractivity contribution in [3.8, 4) is 0 Å². The summed E-state index contributed by atoms with van der Waals surface area (Å²) in [6.45, 7) is 3.56. The molecule has 5 nitrogen and oxygen atoms in total. The minimum absolute atomic E-state index is 0.103. The van der Waals surface area contributed by atoms with Crippen LogP contribution in [0, 0.1) is 0 Å². The van der Waals surface area contributed by atoms with E-state index < -0.39 is 12.0 Å². The number of aliphatic carboxylic acids is 1. The van der Waals surface area contributed by atoms with Crippen LogP contribution in [0.3, 0.4) is 0 Å². The minimum Gasteiger partial charge on any atom is -0.479 e. The number of amides is 1. The van der Waals surface area contributed by atoms with E-state index in [1.54, 1.807) is 11.3 Å². The second kappa shape index (κ2) is 6.85. The van der Waals surface area contributed by atoms with Crippen molar-refractivity contribution in [2.45, 2.75) is 32.2 Å². The lowest BCUT2D eigenvalue weighted by atomic mass is 9.99. The van der Waals surface area contributed by atoms with Gasteiger partial charge in [-0.1, -0.05) is 0 Å². The smallest absolute Gasteiger partial charge is 0.331 e. The molecular formula is C14H19NO4S. The van der Waals surface area contributed by atoms with Gasteiger partial charge < -0.3 is 14.7 Å². The Hall–Kier alpha value is -1.40. The third-order valence-corrected chi connectivity index (χ3v) is 4.40. The molecule has 1 N–H and O–H groups in total. The Morgan fingerprint density at radius 2 is 2.35 bits per heavy atom. The topological polar surface area (TPSA) is 66.8 Å². The number of thiophene rings is 1. The molecule has 1 unspecified atom stereocenters. The molecule has 0 aromatic carbocycles. The first-order valence-electron chi connectivity index (χ1n) is 6.81. The van der Waals surface area contributed by atoms with Crippen molar-refractivity contribution in [2.75, 3.05) is 19.8 Å². The Morgan fingerprint density at radius 3 is 3.05 bits per heavy atom. The molecule has 1 aromatic heterocycles. The van der Waals surface area contributed by atoms with E-state index >= 15 is 0 Å². The van der Waals surface area contributed by atoms with E-state index in [0.717, 1.165) is 16.9 Å². The predicted octanol–water partition coefficient (Wildman–Crippen LogP) is 2.08. The maximum Gasteiger partial charge on any atom is 0.331 e. The van der Waals surface area contributed by atoms with Crippen molar-refractivity contribution in [3.05, 3.63) is 21.9 Å². The van der Waals surface area contributed by atoms with Gasteiger partial charge in [0.2, 0.25) is 5.91 Å². The van der Waals surface area contributed by atoms with Gasteiger partial charge in [0.25, 0.3) is 0 Å². The van der Waals surface area contributed by atoms with Crippen LogP contribution < -0.4 is 0 Å². The molecule has 0 spiro atoms.